The fraction of sp³-hybridized carbons (Fsp3) is 0.286. The highest BCUT2D eigenvalue weighted by Crippen LogP contribution is 2.25. The van der Waals surface area contributed by atoms with Crippen LogP contribution in [0.15, 0.2) is 53.0 Å². The molecular weight excluding hydrogens is 268 g/mol. The summed E-state index contributed by atoms with van der Waals surface area (Å²) in [7, 11) is 0. The van der Waals surface area contributed by atoms with Crippen LogP contribution in [0.5, 0.6) is 5.75 Å². The summed E-state index contributed by atoms with van der Waals surface area (Å²) < 4.78 is 5.63. The summed E-state index contributed by atoms with van der Waals surface area (Å²) in [5.74, 6) is 1.51. The summed E-state index contributed by atoms with van der Waals surface area (Å²) in [4.78, 5) is 8.21. The van der Waals surface area contributed by atoms with Crippen LogP contribution in [0.3, 0.4) is 0 Å². The van der Waals surface area contributed by atoms with Gasteiger partial charge in [0.1, 0.15) is 0 Å². The summed E-state index contributed by atoms with van der Waals surface area (Å²) in [5.41, 5.74) is 11.0. The predicted octanol–water partition coefficient (Wildman–Crippen LogP) is 2.29. The topological polar surface area (TPSA) is 112 Å². The number of hydrogen-bond acceptors (Lipinski definition) is 7. The summed E-state index contributed by atoms with van der Waals surface area (Å²) >= 11 is 0. The molecule has 2 rings (SSSR count). The lowest BCUT2D eigenvalue weighted by atomic mass is 10.3. The number of ether oxygens (including phenoxy) is 1. The van der Waals surface area contributed by atoms with Gasteiger partial charge in [-0.25, -0.2) is 9.97 Å². The highest BCUT2D eigenvalue weighted by atomic mass is 16.5. The molecule has 0 amide bonds. The summed E-state index contributed by atoms with van der Waals surface area (Å²) in [6.07, 6.45) is 4.44. The van der Waals surface area contributed by atoms with Gasteiger partial charge in [-0.05, 0) is 37.1 Å². The molecule has 0 aromatic carbocycles. The number of aromatic nitrogens is 2. The number of rotatable bonds is 7. The van der Waals surface area contributed by atoms with E-state index in [1.807, 2.05) is 12.1 Å². The maximum absolute atomic E-state index is 5.63. The Morgan fingerprint density at radius 2 is 1.90 bits per heavy atom. The third kappa shape index (κ3) is 5.25. The minimum atomic E-state index is -0.314. The van der Waals surface area contributed by atoms with Crippen LogP contribution in [0.25, 0.3) is 0 Å². The summed E-state index contributed by atoms with van der Waals surface area (Å²) in [6.45, 7) is 0.503. The van der Waals surface area contributed by atoms with Crippen LogP contribution >= 0.6 is 0 Å². The molecule has 0 unspecified atom stereocenters. The predicted molar refractivity (Wildman–Crippen MR) is 79.5 cm³/mol. The molecule has 0 saturated heterocycles. The second-order valence-corrected chi connectivity index (χ2v) is 4.37. The van der Waals surface area contributed by atoms with E-state index in [1.54, 1.807) is 30.6 Å². The van der Waals surface area contributed by atoms with Crippen molar-refractivity contribution in [3.8, 4) is 5.75 Å². The first-order valence-corrected chi connectivity index (χ1v) is 6.67. The maximum Gasteiger partial charge on any atom is 0.216 e. The van der Waals surface area contributed by atoms with Gasteiger partial charge in [0.05, 0.1) is 12.8 Å². The molecule has 0 aliphatic carbocycles. The molecule has 7 heteroatoms. The number of nitrogens with two attached hydrogens (primary N) is 2. The van der Waals surface area contributed by atoms with E-state index in [4.69, 9.17) is 16.2 Å². The van der Waals surface area contributed by atoms with Crippen LogP contribution in [0.1, 0.15) is 12.8 Å². The lowest BCUT2D eigenvalue weighted by Crippen LogP contribution is -2.30. The van der Waals surface area contributed by atoms with Crippen LogP contribution in [0.2, 0.25) is 0 Å². The highest BCUT2D eigenvalue weighted by Gasteiger charge is 2.04. The normalized spacial score (nSPS) is 11.2. The van der Waals surface area contributed by atoms with E-state index in [0.717, 1.165) is 6.42 Å². The molecule has 2 aromatic rings. The Morgan fingerprint density at radius 3 is 2.67 bits per heavy atom. The molecule has 2 heterocycles. The van der Waals surface area contributed by atoms with Crippen molar-refractivity contribution in [3.05, 3.63) is 42.7 Å². The molecule has 2 aromatic heterocycles. The third-order valence-electron chi connectivity index (χ3n) is 2.59. The Morgan fingerprint density at radius 1 is 1.05 bits per heavy atom. The molecular formula is C14H18N6O. The molecule has 0 atom stereocenters. The highest BCUT2D eigenvalue weighted by molar-refractivity contribution is 5.44. The van der Waals surface area contributed by atoms with E-state index in [9.17, 15) is 0 Å². The van der Waals surface area contributed by atoms with Crippen molar-refractivity contribution in [2.24, 2.45) is 21.7 Å². The average Bonchev–Trinajstić information content (AvgIpc) is 2.51. The lowest BCUT2D eigenvalue weighted by molar-refractivity contribution is 0.302. The van der Waals surface area contributed by atoms with E-state index >= 15 is 0 Å². The Balaban J connectivity index is 1.98. The minimum Gasteiger partial charge on any atom is -0.490 e. The van der Waals surface area contributed by atoms with E-state index in [-0.39, 0.29) is 6.17 Å². The molecule has 0 fully saturated rings. The van der Waals surface area contributed by atoms with Crippen molar-refractivity contribution < 1.29 is 4.74 Å². The standard InChI is InChI=1S/C14H18N6O/c15-12(16)6-4-10-21-11-5-3-9-18-14(11)20-19-13-7-1-2-8-17-13/h1-3,5,7-9,12H,4,6,10,15-16H2. The van der Waals surface area contributed by atoms with Crippen LogP contribution in [0.4, 0.5) is 11.6 Å². The Hall–Kier alpha value is -2.38. The second-order valence-electron chi connectivity index (χ2n) is 4.37. The van der Waals surface area contributed by atoms with Gasteiger partial charge in [-0.2, -0.15) is 0 Å². The SMILES string of the molecule is NC(N)CCCOc1cccnc1N=Nc1ccccn1. The average molecular weight is 286 g/mol. The van der Waals surface area contributed by atoms with Crippen molar-refractivity contribution in [2.75, 3.05) is 6.61 Å². The zero-order valence-corrected chi connectivity index (χ0v) is 11.6. The van der Waals surface area contributed by atoms with Gasteiger partial charge in [0.25, 0.3) is 0 Å². The van der Waals surface area contributed by atoms with Gasteiger partial charge in [0.15, 0.2) is 11.6 Å². The number of nitrogens with zero attached hydrogens (tertiary/aromatic N) is 4. The van der Waals surface area contributed by atoms with Crippen LogP contribution < -0.4 is 16.2 Å². The van der Waals surface area contributed by atoms with Gasteiger partial charge in [0, 0.05) is 12.4 Å². The molecule has 0 saturated carbocycles. The molecule has 0 bridgehead atoms. The molecule has 0 aliphatic heterocycles. The quantitative estimate of drug-likeness (QED) is 0.460. The Kier molecular flexibility index (Phi) is 5.74. The smallest absolute Gasteiger partial charge is 0.216 e. The fourth-order valence-corrected chi connectivity index (χ4v) is 1.58. The van der Waals surface area contributed by atoms with Gasteiger partial charge < -0.3 is 16.2 Å². The van der Waals surface area contributed by atoms with Crippen molar-refractivity contribution in [1.82, 2.24) is 9.97 Å². The first kappa shape index (κ1) is 15.0. The van der Waals surface area contributed by atoms with Gasteiger partial charge >= 0.3 is 0 Å². The zero-order valence-electron chi connectivity index (χ0n) is 11.6. The first-order chi connectivity index (χ1) is 10.3. The van der Waals surface area contributed by atoms with Gasteiger partial charge in [-0.15, -0.1) is 10.2 Å². The third-order valence-corrected chi connectivity index (χ3v) is 2.59. The first-order valence-electron chi connectivity index (χ1n) is 6.67. The van der Waals surface area contributed by atoms with Crippen LogP contribution in [-0.2, 0) is 0 Å². The molecule has 4 N–H and O–H groups in total. The van der Waals surface area contributed by atoms with Crippen molar-refractivity contribution in [2.45, 2.75) is 19.0 Å². The lowest BCUT2D eigenvalue weighted by Gasteiger charge is -2.08. The molecule has 0 spiro atoms. The number of hydrogen-bond donors (Lipinski definition) is 2. The molecule has 0 aliphatic rings. The second kappa shape index (κ2) is 8.03. The van der Waals surface area contributed by atoms with E-state index in [1.165, 1.54) is 0 Å². The van der Waals surface area contributed by atoms with E-state index in [0.29, 0.717) is 30.4 Å². The van der Waals surface area contributed by atoms with Crippen molar-refractivity contribution >= 4 is 11.6 Å². The van der Waals surface area contributed by atoms with Gasteiger partial charge in [-0.3, -0.25) is 0 Å². The number of pyridine rings is 2. The fourth-order valence-electron chi connectivity index (χ4n) is 1.58. The minimum absolute atomic E-state index is 0.314. The van der Waals surface area contributed by atoms with Gasteiger partial charge in [-0.1, -0.05) is 6.07 Å². The van der Waals surface area contributed by atoms with Crippen LogP contribution in [0, 0.1) is 0 Å². The Bertz CT molecular complexity index is 573. The summed E-state index contributed by atoms with van der Waals surface area (Å²) in [5, 5.41) is 8.09. The zero-order chi connectivity index (χ0) is 14.9. The molecule has 7 nitrogen and oxygen atoms in total. The maximum atomic E-state index is 5.63. The molecule has 0 radical (unpaired) electrons. The number of azo groups is 1. The monoisotopic (exact) mass is 286 g/mol. The Labute approximate surface area is 123 Å². The van der Waals surface area contributed by atoms with E-state index in [2.05, 4.69) is 20.2 Å². The molecule has 21 heavy (non-hydrogen) atoms. The van der Waals surface area contributed by atoms with E-state index < -0.39 is 0 Å². The van der Waals surface area contributed by atoms with Gasteiger partial charge in [0.2, 0.25) is 5.82 Å². The van der Waals surface area contributed by atoms with Crippen molar-refractivity contribution in [3.63, 3.8) is 0 Å². The summed E-state index contributed by atoms with van der Waals surface area (Å²) in [6, 6.07) is 8.99. The largest absolute Gasteiger partial charge is 0.490 e. The molecule has 110 valence electrons. The van der Waals surface area contributed by atoms with Crippen molar-refractivity contribution in [1.29, 1.82) is 0 Å². The van der Waals surface area contributed by atoms with Crippen LogP contribution in [-0.4, -0.2) is 22.7 Å².